The predicted octanol–water partition coefficient (Wildman–Crippen LogP) is 7.31. The van der Waals surface area contributed by atoms with E-state index in [0.717, 1.165) is 42.0 Å². The standard InChI is InChI=1S/C39H38N2O4/c1-43-36-9-5-8-30(24-36)21-23-41(39(42)35-18-19-37-38(25-35)45-28-44-37)27-32-12-16-34(17-13-32)33-14-10-31(11-15-33)26-40-22-20-29-6-3-2-4-7-29/h2-19,24-25,40H,20-23,26-28H2,1H3. The maximum Gasteiger partial charge on any atom is 0.254 e. The van der Waals surface area contributed by atoms with E-state index in [9.17, 15) is 4.79 Å². The Morgan fingerprint density at radius 2 is 1.42 bits per heavy atom. The lowest BCUT2D eigenvalue weighted by Gasteiger charge is -2.23. The van der Waals surface area contributed by atoms with Gasteiger partial charge in [0.25, 0.3) is 5.91 Å². The Bertz CT molecular complexity index is 1700. The number of carbonyl (C=O) groups excluding carboxylic acids is 1. The fourth-order valence-electron chi connectivity index (χ4n) is 5.50. The van der Waals surface area contributed by atoms with E-state index in [2.05, 4.69) is 90.2 Å². The fourth-order valence-corrected chi connectivity index (χ4v) is 5.50. The van der Waals surface area contributed by atoms with Crippen molar-refractivity contribution in [2.75, 3.05) is 27.0 Å². The topological polar surface area (TPSA) is 60.0 Å². The first-order chi connectivity index (χ1) is 22.1. The van der Waals surface area contributed by atoms with Gasteiger partial charge in [0.2, 0.25) is 6.79 Å². The molecule has 1 aliphatic rings. The van der Waals surface area contributed by atoms with E-state index in [-0.39, 0.29) is 12.7 Å². The third-order valence-corrected chi connectivity index (χ3v) is 8.09. The van der Waals surface area contributed by atoms with Crippen LogP contribution in [-0.4, -0.2) is 37.8 Å². The highest BCUT2D eigenvalue weighted by Crippen LogP contribution is 2.33. The Kier molecular flexibility index (Phi) is 9.73. The van der Waals surface area contributed by atoms with Gasteiger partial charge in [-0.15, -0.1) is 0 Å². The molecule has 6 nitrogen and oxygen atoms in total. The number of hydrogen-bond donors (Lipinski definition) is 1. The Hall–Kier alpha value is -5.07. The molecular formula is C39H38N2O4. The van der Waals surface area contributed by atoms with Gasteiger partial charge < -0.3 is 24.4 Å². The highest BCUT2D eigenvalue weighted by molar-refractivity contribution is 5.95. The molecule has 1 heterocycles. The van der Waals surface area contributed by atoms with Crippen molar-refractivity contribution >= 4 is 5.91 Å². The van der Waals surface area contributed by atoms with Gasteiger partial charge in [0.05, 0.1) is 7.11 Å². The molecule has 0 unspecified atom stereocenters. The number of ether oxygens (including phenoxy) is 3. The Morgan fingerprint density at radius 1 is 0.711 bits per heavy atom. The third-order valence-electron chi connectivity index (χ3n) is 8.09. The molecule has 45 heavy (non-hydrogen) atoms. The molecule has 0 atom stereocenters. The summed E-state index contributed by atoms with van der Waals surface area (Å²) in [5, 5.41) is 3.54. The van der Waals surface area contributed by atoms with Crippen molar-refractivity contribution in [2.24, 2.45) is 0 Å². The van der Waals surface area contributed by atoms with Crippen LogP contribution in [0.5, 0.6) is 17.2 Å². The number of amides is 1. The van der Waals surface area contributed by atoms with Crippen LogP contribution in [0.3, 0.4) is 0 Å². The molecule has 0 saturated heterocycles. The van der Waals surface area contributed by atoms with Crippen molar-refractivity contribution in [3.05, 3.63) is 149 Å². The first-order valence-electron chi connectivity index (χ1n) is 15.4. The van der Waals surface area contributed by atoms with Crippen molar-refractivity contribution in [1.82, 2.24) is 10.2 Å². The number of carbonyl (C=O) groups is 1. The molecule has 6 heteroatoms. The summed E-state index contributed by atoms with van der Waals surface area (Å²) in [6.07, 6.45) is 1.73. The Morgan fingerprint density at radius 3 is 2.18 bits per heavy atom. The summed E-state index contributed by atoms with van der Waals surface area (Å²) in [5.41, 5.74) is 7.68. The molecule has 1 amide bonds. The molecule has 0 saturated carbocycles. The van der Waals surface area contributed by atoms with Crippen LogP contribution in [0.4, 0.5) is 0 Å². The third kappa shape index (κ3) is 7.91. The lowest BCUT2D eigenvalue weighted by molar-refractivity contribution is 0.0744. The lowest BCUT2D eigenvalue weighted by atomic mass is 10.0. The van der Waals surface area contributed by atoms with Gasteiger partial charge in [-0.1, -0.05) is 91.0 Å². The molecule has 1 aliphatic heterocycles. The number of nitrogens with one attached hydrogen (secondary N) is 1. The molecule has 0 radical (unpaired) electrons. The van der Waals surface area contributed by atoms with E-state index in [0.29, 0.717) is 36.6 Å². The second kappa shape index (κ2) is 14.6. The van der Waals surface area contributed by atoms with Gasteiger partial charge >= 0.3 is 0 Å². The van der Waals surface area contributed by atoms with Gasteiger partial charge in [0, 0.05) is 25.2 Å². The molecule has 1 N–H and O–H groups in total. The van der Waals surface area contributed by atoms with Crippen molar-refractivity contribution in [3.8, 4) is 28.4 Å². The van der Waals surface area contributed by atoms with Crippen LogP contribution in [0.25, 0.3) is 11.1 Å². The summed E-state index contributed by atoms with van der Waals surface area (Å²) in [7, 11) is 1.66. The van der Waals surface area contributed by atoms with Gasteiger partial charge in [-0.3, -0.25) is 4.79 Å². The van der Waals surface area contributed by atoms with E-state index < -0.39 is 0 Å². The van der Waals surface area contributed by atoms with Crippen LogP contribution >= 0.6 is 0 Å². The van der Waals surface area contributed by atoms with Crippen LogP contribution < -0.4 is 19.5 Å². The van der Waals surface area contributed by atoms with Gasteiger partial charge in [-0.05, 0) is 83.1 Å². The van der Waals surface area contributed by atoms with E-state index in [1.807, 2.05) is 23.1 Å². The molecule has 0 fully saturated rings. The zero-order valence-electron chi connectivity index (χ0n) is 25.6. The highest BCUT2D eigenvalue weighted by Gasteiger charge is 2.21. The second-order valence-corrected chi connectivity index (χ2v) is 11.2. The molecule has 0 bridgehead atoms. The van der Waals surface area contributed by atoms with E-state index >= 15 is 0 Å². The number of methoxy groups -OCH3 is 1. The van der Waals surface area contributed by atoms with Crippen molar-refractivity contribution < 1.29 is 19.0 Å². The van der Waals surface area contributed by atoms with Crippen LogP contribution in [0, 0.1) is 0 Å². The number of rotatable bonds is 13. The Labute approximate surface area is 265 Å². The molecule has 0 aliphatic carbocycles. The normalized spacial score (nSPS) is 11.8. The van der Waals surface area contributed by atoms with E-state index in [1.54, 1.807) is 25.3 Å². The monoisotopic (exact) mass is 598 g/mol. The number of hydrogen-bond acceptors (Lipinski definition) is 5. The smallest absolute Gasteiger partial charge is 0.254 e. The summed E-state index contributed by atoms with van der Waals surface area (Å²) in [5.74, 6) is 2.03. The average molecular weight is 599 g/mol. The first kappa shape index (κ1) is 30.0. The minimum atomic E-state index is -0.0479. The molecule has 228 valence electrons. The summed E-state index contributed by atoms with van der Waals surface area (Å²) in [6, 6.07) is 41.1. The van der Waals surface area contributed by atoms with Gasteiger partial charge in [0.15, 0.2) is 11.5 Å². The maximum absolute atomic E-state index is 13.8. The first-order valence-corrected chi connectivity index (χ1v) is 15.4. The maximum atomic E-state index is 13.8. The largest absolute Gasteiger partial charge is 0.497 e. The Balaban J connectivity index is 1.10. The zero-order chi connectivity index (χ0) is 30.8. The minimum absolute atomic E-state index is 0.0479. The molecule has 0 aromatic heterocycles. The molecular weight excluding hydrogens is 560 g/mol. The van der Waals surface area contributed by atoms with Gasteiger partial charge in [-0.2, -0.15) is 0 Å². The molecule has 5 aromatic carbocycles. The molecule has 6 rings (SSSR count). The number of benzene rings is 5. The highest BCUT2D eigenvalue weighted by atomic mass is 16.7. The number of nitrogens with zero attached hydrogens (tertiary/aromatic N) is 1. The lowest BCUT2D eigenvalue weighted by Crippen LogP contribution is -2.32. The van der Waals surface area contributed by atoms with Gasteiger partial charge in [-0.25, -0.2) is 0 Å². The average Bonchev–Trinajstić information content (AvgIpc) is 3.58. The summed E-state index contributed by atoms with van der Waals surface area (Å²) >= 11 is 0. The minimum Gasteiger partial charge on any atom is -0.497 e. The van der Waals surface area contributed by atoms with Crippen LogP contribution in [0.1, 0.15) is 32.6 Å². The van der Waals surface area contributed by atoms with Crippen LogP contribution in [-0.2, 0) is 25.9 Å². The molecule has 5 aromatic rings. The van der Waals surface area contributed by atoms with E-state index in [1.165, 1.54) is 16.7 Å². The van der Waals surface area contributed by atoms with Gasteiger partial charge in [0.1, 0.15) is 5.75 Å². The quantitative estimate of drug-likeness (QED) is 0.144. The van der Waals surface area contributed by atoms with Crippen LogP contribution in [0.15, 0.2) is 121 Å². The van der Waals surface area contributed by atoms with Crippen molar-refractivity contribution in [1.29, 1.82) is 0 Å². The zero-order valence-corrected chi connectivity index (χ0v) is 25.6. The SMILES string of the molecule is COc1cccc(CCN(Cc2ccc(-c3ccc(CNCCc4ccccc4)cc3)cc2)C(=O)c2ccc3c(c2)OCO3)c1. The van der Waals surface area contributed by atoms with Crippen molar-refractivity contribution in [2.45, 2.75) is 25.9 Å². The predicted molar refractivity (Wildman–Crippen MR) is 178 cm³/mol. The second-order valence-electron chi connectivity index (χ2n) is 11.2. The number of fused-ring (bicyclic) bond motifs is 1. The summed E-state index contributed by atoms with van der Waals surface area (Å²) < 4.78 is 16.4. The van der Waals surface area contributed by atoms with Crippen LogP contribution in [0.2, 0.25) is 0 Å². The summed E-state index contributed by atoms with van der Waals surface area (Å²) in [6.45, 7) is 3.01. The molecule has 0 spiro atoms. The van der Waals surface area contributed by atoms with Crippen molar-refractivity contribution in [3.63, 3.8) is 0 Å². The fraction of sp³-hybridized carbons (Fsp3) is 0.205. The van der Waals surface area contributed by atoms with E-state index in [4.69, 9.17) is 14.2 Å². The summed E-state index contributed by atoms with van der Waals surface area (Å²) in [4.78, 5) is 15.7.